The second kappa shape index (κ2) is 10.1. The minimum atomic E-state index is -0.0557. The molecule has 2 fully saturated rings. The highest BCUT2D eigenvalue weighted by Gasteiger charge is 2.25. The van der Waals surface area contributed by atoms with Gasteiger partial charge in [-0.05, 0) is 68.0 Å². The Bertz CT molecular complexity index is 718. The van der Waals surface area contributed by atoms with Crippen molar-refractivity contribution in [3.63, 3.8) is 0 Å². The highest BCUT2D eigenvalue weighted by atomic mass is 16.2. The van der Waals surface area contributed by atoms with E-state index in [0.717, 1.165) is 43.2 Å². The molecule has 2 heterocycles. The van der Waals surface area contributed by atoms with Crippen molar-refractivity contribution in [2.24, 2.45) is 11.8 Å². The summed E-state index contributed by atoms with van der Waals surface area (Å²) >= 11 is 0. The Kier molecular flexibility index (Phi) is 7.48. The molecule has 0 aliphatic carbocycles. The van der Waals surface area contributed by atoms with E-state index in [-0.39, 0.29) is 11.8 Å². The first-order chi connectivity index (χ1) is 13.9. The molecule has 2 amide bonds. The number of benzene rings is 1. The third kappa shape index (κ3) is 5.92. The summed E-state index contributed by atoms with van der Waals surface area (Å²) in [7, 11) is 0. The number of likely N-dealkylation sites (tertiary alicyclic amines) is 1. The predicted molar refractivity (Wildman–Crippen MR) is 119 cm³/mol. The lowest BCUT2D eigenvalue weighted by atomic mass is 9.94. The van der Waals surface area contributed by atoms with Crippen molar-refractivity contribution in [3.05, 3.63) is 35.9 Å². The van der Waals surface area contributed by atoms with Crippen LogP contribution in [0.5, 0.6) is 0 Å². The van der Waals surface area contributed by atoms with Crippen LogP contribution in [0.1, 0.15) is 52.0 Å². The lowest BCUT2D eigenvalue weighted by Gasteiger charge is -2.38. The van der Waals surface area contributed by atoms with E-state index in [9.17, 15) is 9.59 Å². The molecule has 2 saturated heterocycles. The van der Waals surface area contributed by atoms with Crippen molar-refractivity contribution in [3.8, 4) is 0 Å². The topological polar surface area (TPSA) is 52.7 Å². The van der Waals surface area contributed by atoms with Crippen LogP contribution < -0.4 is 10.2 Å². The van der Waals surface area contributed by atoms with Gasteiger partial charge in [0, 0.05) is 37.3 Å². The summed E-state index contributed by atoms with van der Waals surface area (Å²) in [5, 5.41) is 3.08. The molecule has 1 aromatic carbocycles. The summed E-state index contributed by atoms with van der Waals surface area (Å²) in [6.45, 7) is 10.5. The Morgan fingerprint density at radius 1 is 1.17 bits per heavy atom. The Morgan fingerprint density at radius 3 is 2.45 bits per heavy atom. The van der Waals surface area contributed by atoms with Crippen molar-refractivity contribution in [2.45, 2.75) is 52.5 Å². The molecule has 0 radical (unpaired) electrons. The first kappa shape index (κ1) is 21.6. The van der Waals surface area contributed by atoms with E-state index in [2.05, 4.69) is 31.0 Å². The van der Waals surface area contributed by atoms with Crippen LogP contribution >= 0.6 is 0 Å². The van der Waals surface area contributed by atoms with Crippen LogP contribution in [-0.4, -0.2) is 48.9 Å². The average Bonchev–Trinajstić information content (AvgIpc) is 3.14. The van der Waals surface area contributed by atoms with Crippen LogP contribution in [0.15, 0.2) is 30.3 Å². The first-order valence-electron chi connectivity index (χ1n) is 11.0. The van der Waals surface area contributed by atoms with Crippen LogP contribution in [0.3, 0.4) is 0 Å². The number of nitrogens with zero attached hydrogens (tertiary/aromatic N) is 2. The van der Waals surface area contributed by atoms with Crippen molar-refractivity contribution in [1.82, 2.24) is 10.2 Å². The van der Waals surface area contributed by atoms with Crippen LogP contribution in [0.2, 0.25) is 0 Å². The molecule has 5 heteroatoms. The molecule has 0 saturated carbocycles. The summed E-state index contributed by atoms with van der Waals surface area (Å²) in [5.74, 6) is 1.45. The van der Waals surface area contributed by atoms with E-state index in [1.54, 1.807) is 6.08 Å². The fourth-order valence-corrected chi connectivity index (χ4v) is 4.27. The van der Waals surface area contributed by atoms with Gasteiger partial charge in [0.1, 0.15) is 0 Å². The fraction of sp³-hybridized carbons (Fsp3) is 0.583. The average molecular weight is 398 g/mol. The molecule has 2 aliphatic rings. The Balaban J connectivity index is 1.50. The Hall–Kier alpha value is -2.14. The SMILES string of the molecule is CC1CCN(C(CNC(=O)/C=C/c2ccc(N3CCCC3=O)cc2)C(C)C)CC1. The van der Waals surface area contributed by atoms with Gasteiger partial charge in [0.05, 0.1) is 0 Å². The molecule has 0 spiro atoms. The number of anilines is 1. The number of rotatable bonds is 7. The smallest absolute Gasteiger partial charge is 0.244 e. The Morgan fingerprint density at radius 2 is 1.86 bits per heavy atom. The fourth-order valence-electron chi connectivity index (χ4n) is 4.27. The normalized spacial score (nSPS) is 20.0. The van der Waals surface area contributed by atoms with E-state index in [4.69, 9.17) is 0 Å². The second-order valence-electron chi connectivity index (χ2n) is 8.85. The monoisotopic (exact) mass is 397 g/mol. The maximum atomic E-state index is 12.3. The standard InChI is InChI=1S/C24H35N3O2/c1-18(2)22(26-15-12-19(3)13-16-26)17-25-23(28)11-8-20-6-9-21(10-7-20)27-14-4-5-24(27)29/h6-11,18-19,22H,4-5,12-17H2,1-3H3,(H,25,28)/b11-8+. The summed E-state index contributed by atoms with van der Waals surface area (Å²) in [5.41, 5.74) is 1.89. The number of carbonyl (C=O) groups is 2. The van der Waals surface area contributed by atoms with Crippen molar-refractivity contribution < 1.29 is 9.59 Å². The number of hydrogen-bond donors (Lipinski definition) is 1. The van der Waals surface area contributed by atoms with Gasteiger partial charge in [-0.15, -0.1) is 0 Å². The van der Waals surface area contributed by atoms with E-state index < -0.39 is 0 Å². The van der Waals surface area contributed by atoms with Gasteiger partial charge in [0.15, 0.2) is 0 Å². The van der Waals surface area contributed by atoms with Crippen LogP contribution in [0.25, 0.3) is 6.08 Å². The lowest BCUT2D eigenvalue weighted by Crippen LogP contribution is -2.49. The van der Waals surface area contributed by atoms with E-state index in [1.807, 2.05) is 35.2 Å². The van der Waals surface area contributed by atoms with Gasteiger partial charge in [-0.1, -0.05) is 32.9 Å². The molecule has 158 valence electrons. The molecule has 1 atom stereocenters. The van der Waals surface area contributed by atoms with E-state index in [0.29, 0.717) is 24.9 Å². The van der Waals surface area contributed by atoms with Crippen molar-refractivity contribution >= 4 is 23.6 Å². The number of piperidine rings is 1. The molecule has 1 unspecified atom stereocenters. The van der Waals surface area contributed by atoms with Gasteiger partial charge in [-0.3, -0.25) is 14.5 Å². The third-order valence-corrected chi connectivity index (χ3v) is 6.25. The Labute approximate surface area is 175 Å². The summed E-state index contributed by atoms with van der Waals surface area (Å²) < 4.78 is 0. The second-order valence-corrected chi connectivity index (χ2v) is 8.85. The van der Waals surface area contributed by atoms with E-state index in [1.165, 1.54) is 12.8 Å². The molecule has 1 aromatic rings. The number of nitrogens with one attached hydrogen (secondary N) is 1. The molecule has 2 aliphatic heterocycles. The maximum Gasteiger partial charge on any atom is 0.244 e. The maximum absolute atomic E-state index is 12.3. The van der Waals surface area contributed by atoms with Gasteiger partial charge in [0.25, 0.3) is 0 Å². The molecular formula is C24H35N3O2. The minimum absolute atomic E-state index is 0.0557. The summed E-state index contributed by atoms with van der Waals surface area (Å²) in [6.07, 6.45) is 7.49. The molecule has 3 rings (SSSR count). The summed E-state index contributed by atoms with van der Waals surface area (Å²) in [6, 6.07) is 8.20. The summed E-state index contributed by atoms with van der Waals surface area (Å²) in [4.78, 5) is 28.5. The number of amides is 2. The lowest BCUT2D eigenvalue weighted by molar-refractivity contribution is -0.117. The van der Waals surface area contributed by atoms with E-state index >= 15 is 0 Å². The van der Waals surface area contributed by atoms with Crippen LogP contribution in [0, 0.1) is 11.8 Å². The quantitative estimate of drug-likeness (QED) is 0.714. The predicted octanol–water partition coefficient (Wildman–Crippen LogP) is 3.70. The van der Waals surface area contributed by atoms with Gasteiger partial charge in [0.2, 0.25) is 11.8 Å². The molecule has 29 heavy (non-hydrogen) atoms. The number of carbonyl (C=O) groups excluding carboxylic acids is 2. The zero-order valence-corrected chi connectivity index (χ0v) is 18.1. The molecule has 0 bridgehead atoms. The highest BCUT2D eigenvalue weighted by molar-refractivity contribution is 5.95. The third-order valence-electron chi connectivity index (χ3n) is 6.25. The molecule has 5 nitrogen and oxygen atoms in total. The number of hydrogen-bond acceptors (Lipinski definition) is 3. The molecule has 1 N–H and O–H groups in total. The van der Waals surface area contributed by atoms with Crippen molar-refractivity contribution in [1.29, 1.82) is 0 Å². The van der Waals surface area contributed by atoms with Gasteiger partial charge >= 0.3 is 0 Å². The molecular weight excluding hydrogens is 362 g/mol. The van der Waals surface area contributed by atoms with Crippen LogP contribution in [0.4, 0.5) is 5.69 Å². The zero-order valence-electron chi connectivity index (χ0n) is 18.1. The van der Waals surface area contributed by atoms with Gasteiger partial charge in [-0.25, -0.2) is 0 Å². The molecule has 0 aromatic heterocycles. The highest BCUT2D eigenvalue weighted by Crippen LogP contribution is 2.22. The van der Waals surface area contributed by atoms with Crippen LogP contribution in [-0.2, 0) is 9.59 Å². The van der Waals surface area contributed by atoms with Gasteiger partial charge < -0.3 is 10.2 Å². The minimum Gasteiger partial charge on any atom is -0.351 e. The largest absolute Gasteiger partial charge is 0.351 e. The zero-order chi connectivity index (χ0) is 20.8. The first-order valence-corrected chi connectivity index (χ1v) is 11.0. The van der Waals surface area contributed by atoms with Gasteiger partial charge in [-0.2, -0.15) is 0 Å². The van der Waals surface area contributed by atoms with Crippen molar-refractivity contribution in [2.75, 3.05) is 31.1 Å².